The number of nitrogen functional groups attached to an aromatic ring is 2. The van der Waals surface area contributed by atoms with Crippen LogP contribution >= 0.6 is 8.60 Å². The molecule has 1 aliphatic rings. The standard InChI is InChI=1S/C9H16N5O5P/c10-7-8(11)12-3-13-9(7)14-6-1-4(15)5(19-6)2-18-20(16)17/h3-6,15-17H,1-2,10H2,(H3,11,12,13,14)/t4-,5?,6?/m0/s1. The predicted octanol–water partition coefficient (Wildman–Crippen LogP) is -1.24. The maximum Gasteiger partial charge on any atom is 0.327 e. The van der Waals surface area contributed by atoms with Crippen molar-refractivity contribution in [3.8, 4) is 0 Å². The Labute approximate surface area is 115 Å². The lowest BCUT2D eigenvalue weighted by molar-refractivity contribution is -0.0109. The third-order valence-corrected chi connectivity index (χ3v) is 3.17. The average Bonchev–Trinajstić information content (AvgIpc) is 2.73. The molecule has 3 atom stereocenters. The molecule has 2 heterocycles. The van der Waals surface area contributed by atoms with E-state index < -0.39 is 27.0 Å². The summed E-state index contributed by atoms with van der Waals surface area (Å²) in [6.45, 7) is -0.126. The second kappa shape index (κ2) is 6.44. The van der Waals surface area contributed by atoms with E-state index in [1.807, 2.05) is 0 Å². The smallest absolute Gasteiger partial charge is 0.327 e. The van der Waals surface area contributed by atoms with Crippen molar-refractivity contribution >= 4 is 25.9 Å². The minimum Gasteiger partial charge on any atom is -0.393 e. The van der Waals surface area contributed by atoms with Crippen molar-refractivity contribution in [3.63, 3.8) is 0 Å². The molecule has 0 radical (unpaired) electrons. The van der Waals surface area contributed by atoms with Crippen molar-refractivity contribution in [3.05, 3.63) is 6.33 Å². The van der Waals surface area contributed by atoms with Crippen molar-refractivity contribution in [1.82, 2.24) is 9.97 Å². The first-order valence-electron chi connectivity index (χ1n) is 5.74. The molecule has 2 unspecified atom stereocenters. The number of hydrogen-bond donors (Lipinski definition) is 6. The fourth-order valence-electron chi connectivity index (χ4n) is 1.79. The predicted molar refractivity (Wildman–Crippen MR) is 71.1 cm³/mol. The lowest BCUT2D eigenvalue weighted by Gasteiger charge is -2.17. The number of ether oxygens (including phenoxy) is 1. The van der Waals surface area contributed by atoms with Crippen LogP contribution in [0.2, 0.25) is 0 Å². The third kappa shape index (κ3) is 3.63. The van der Waals surface area contributed by atoms with Gasteiger partial charge in [-0.05, 0) is 0 Å². The summed E-state index contributed by atoms with van der Waals surface area (Å²) >= 11 is 0. The lowest BCUT2D eigenvalue weighted by Crippen LogP contribution is -2.26. The van der Waals surface area contributed by atoms with Gasteiger partial charge in [0.05, 0.1) is 12.7 Å². The van der Waals surface area contributed by atoms with Crippen LogP contribution in [0.25, 0.3) is 0 Å². The zero-order chi connectivity index (χ0) is 14.7. The summed E-state index contributed by atoms with van der Waals surface area (Å²) in [5.74, 6) is 0.454. The molecule has 10 nitrogen and oxygen atoms in total. The van der Waals surface area contributed by atoms with E-state index in [4.69, 9.17) is 26.0 Å². The molecular formula is C9H16N5O5P. The number of nitrogens with one attached hydrogen (secondary N) is 1. The molecule has 0 saturated carbocycles. The van der Waals surface area contributed by atoms with Crippen molar-refractivity contribution in [2.45, 2.75) is 24.9 Å². The summed E-state index contributed by atoms with van der Waals surface area (Å²) in [4.78, 5) is 25.0. The molecule has 11 heteroatoms. The van der Waals surface area contributed by atoms with Crippen molar-refractivity contribution < 1.29 is 24.2 Å². The van der Waals surface area contributed by atoms with Gasteiger partial charge in [0.15, 0.2) is 11.6 Å². The second-order valence-corrected chi connectivity index (χ2v) is 4.94. The van der Waals surface area contributed by atoms with E-state index in [9.17, 15) is 5.11 Å². The van der Waals surface area contributed by atoms with Gasteiger partial charge in [-0.15, -0.1) is 0 Å². The van der Waals surface area contributed by atoms with Gasteiger partial charge in [-0.1, -0.05) is 0 Å². The van der Waals surface area contributed by atoms with Crippen LogP contribution in [0.15, 0.2) is 6.33 Å². The molecule has 1 fully saturated rings. The van der Waals surface area contributed by atoms with Crippen LogP contribution in [0.5, 0.6) is 0 Å². The molecule has 0 bridgehead atoms. The zero-order valence-electron chi connectivity index (χ0n) is 10.4. The number of rotatable bonds is 5. The fraction of sp³-hybridized carbons (Fsp3) is 0.556. The summed E-state index contributed by atoms with van der Waals surface area (Å²) in [5, 5.41) is 12.7. The number of aliphatic hydroxyl groups excluding tert-OH is 1. The summed E-state index contributed by atoms with van der Waals surface area (Å²) in [6, 6.07) is 0. The van der Waals surface area contributed by atoms with Gasteiger partial charge in [-0.25, -0.2) is 9.97 Å². The topological polar surface area (TPSA) is 169 Å². The summed E-state index contributed by atoms with van der Waals surface area (Å²) in [5.41, 5.74) is 11.5. The normalized spacial score (nSPS) is 26.1. The molecule has 112 valence electrons. The van der Waals surface area contributed by atoms with Gasteiger partial charge >= 0.3 is 8.60 Å². The summed E-state index contributed by atoms with van der Waals surface area (Å²) in [6.07, 6.45) is -0.490. The van der Waals surface area contributed by atoms with Crippen LogP contribution < -0.4 is 16.8 Å². The molecule has 1 aliphatic heterocycles. The molecule has 20 heavy (non-hydrogen) atoms. The zero-order valence-corrected chi connectivity index (χ0v) is 11.3. The molecule has 0 amide bonds. The van der Waals surface area contributed by atoms with E-state index in [0.717, 1.165) is 0 Å². The van der Waals surface area contributed by atoms with Crippen molar-refractivity contribution in [2.75, 3.05) is 23.4 Å². The Kier molecular flexibility index (Phi) is 4.86. The van der Waals surface area contributed by atoms with Crippen LogP contribution in [0.1, 0.15) is 6.42 Å². The molecule has 1 aromatic heterocycles. The minimum absolute atomic E-state index is 0.126. The van der Waals surface area contributed by atoms with Crippen LogP contribution in [0.3, 0.4) is 0 Å². The highest BCUT2D eigenvalue weighted by atomic mass is 31.2. The van der Waals surface area contributed by atoms with E-state index in [1.165, 1.54) is 6.33 Å². The Bertz CT molecular complexity index is 464. The van der Waals surface area contributed by atoms with Gasteiger partial charge < -0.3 is 40.9 Å². The van der Waals surface area contributed by atoms with Crippen LogP contribution in [-0.2, 0) is 9.26 Å². The molecule has 0 aromatic carbocycles. The molecule has 8 N–H and O–H groups in total. The van der Waals surface area contributed by atoms with Gasteiger partial charge in [0.1, 0.15) is 24.3 Å². The largest absolute Gasteiger partial charge is 0.393 e. The number of anilines is 3. The van der Waals surface area contributed by atoms with Crippen molar-refractivity contribution in [2.24, 2.45) is 0 Å². The number of hydrogen-bond acceptors (Lipinski definition) is 10. The van der Waals surface area contributed by atoms with Gasteiger partial charge in [0, 0.05) is 6.42 Å². The molecule has 2 rings (SSSR count). The van der Waals surface area contributed by atoms with Crippen LogP contribution in [0.4, 0.5) is 17.3 Å². The lowest BCUT2D eigenvalue weighted by atomic mass is 10.2. The fourth-order valence-corrected chi connectivity index (χ4v) is 2.07. The Morgan fingerprint density at radius 3 is 2.90 bits per heavy atom. The Morgan fingerprint density at radius 1 is 1.45 bits per heavy atom. The highest BCUT2D eigenvalue weighted by Crippen LogP contribution is 2.29. The molecule has 1 aromatic rings. The monoisotopic (exact) mass is 305 g/mol. The van der Waals surface area contributed by atoms with Crippen LogP contribution in [0, 0.1) is 0 Å². The van der Waals surface area contributed by atoms with Gasteiger partial charge in [-0.2, -0.15) is 0 Å². The van der Waals surface area contributed by atoms with E-state index in [-0.39, 0.29) is 24.5 Å². The minimum atomic E-state index is -2.48. The van der Waals surface area contributed by atoms with E-state index in [1.54, 1.807) is 0 Å². The van der Waals surface area contributed by atoms with Gasteiger partial charge in [0.25, 0.3) is 0 Å². The Balaban J connectivity index is 1.93. The van der Waals surface area contributed by atoms with E-state index in [2.05, 4.69) is 19.8 Å². The number of nitrogens with zero attached hydrogens (tertiary/aromatic N) is 2. The first kappa shape index (κ1) is 15.1. The molecular weight excluding hydrogens is 289 g/mol. The summed E-state index contributed by atoms with van der Waals surface area (Å²) < 4.78 is 10.1. The van der Waals surface area contributed by atoms with Crippen molar-refractivity contribution in [1.29, 1.82) is 0 Å². The van der Waals surface area contributed by atoms with E-state index in [0.29, 0.717) is 5.82 Å². The highest BCUT2D eigenvalue weighted by molar-refractivity contribution is 7.39. The molecule has 1 saturated heterocycles. The maximum atomic E-state index is 9.78. The number of aliphatic hydroxyl groups is 1. The number of aromatic nitrogens is 2. The average molecular weight is 305 g/mol. The summed E-state index contributed by atoms with van der Waals surface area (Å²) in [7, 11) is -2.48. The SMILES string of the molecule is Nc1ncnc(NC2C[C@H](O)C(COP(O)O)O2)c1N. The maximum absolute atomic E-state index is 9.78. The van der Waals surface area contributed by atoms with E-state index >= 15 is 0 Å². The van der Waals surface area contributed by atoms with Gasteiger partial charge in [0.2, 0.25) is 0 Å². The first-order valence-corrected chi connectivity index (χ1v) is 6.90. The van der Waals surface area contributed by atoms with Gasteiger partial charge in [-0.3, -0.25) is 0 Å². The Morgan fingerprint density at radius 2 is 2.20 bits per heavy atom. The first-order chi connectivity index (χ1) is 9.47. The number of nitrogens with two attached hydrogens (primary N) is 2. The second-order valence-electron chi connectivity index (χ2n) is 4.18. The highest BCUT2D eigenvalue weighted by Gasteiger charge is 2.35. The Hall–Kier alpha value is -1.29. The molecule has 0 aliphatic carbocycles. The quantitative estimate of drug-likeness (QED) is 0.361. The van der Waals surface area contributed by atoms with Crippen LogP contribution in [-0.4, -0.2) is 49.9 Å². The molecule has 0 spiro atoms. The third-order valence-electron chi connectivity index (χ3n) is 2.79.